The normalized spacial score (nSPS) is 21.0. The summed E-state index contributed by atoms with van der Waals surface area (Å²) in [7, 11) is 1.70. The monoisotopic (exact) mass is 477 g/mol. The highest BCUT2D eigenvalue weighted by Gasteiger charge is 2.41. The summed E-state index contributed by atoms with van der Waals surface area (Å²) in [6.07, 6.45) is 4.99. The van der Waals surface area contributed by atoms with Gasteiger partial charge in [0.05, 0.1) is 38.1 Å². The molecule has 4 heterocycles. The van der Waals surface area contributed by atoms with Crippen LogP contribution < -0.4 is 10.1 Å². The second kappa shape index (κ2) is 10.5. The van der Waals surface area contributed by atoms with Crippen molar-refractivity contribution in [2.75, 3.05) is 46.5 Å². The molecule has 0 aliphatic carbocycles. The molecular formula is C26H31N5O2S. The van der Waals surface area contributed by atoms with Crippen LogP contribution in [-0.2, 0) is 4.74 Å². The number of benzene rings is 1. The number of hydrogen-bond acceptors (Lipinski definition) is 5. The van der Waals surface area contributed by atoms with Gasteiger partial charge in [-0.05, 0) is 55.0 Å². The van der Waals surface area contributed by atoms with Gasteiger partial charge in [0.1, 0.15) is 5.75 Å². The Morgan fingerprint density at radius 2 is 1.97 bits per heavy atom. The Morgan fingerprint density at radius 3 is 2.76 bits per heavy atom. The largest absolute Gasteiger partial charge is 0.497 e. The quantitative estimate of drug-likeness (QED) is 0.498. The molecule has 0 spiro atoms. The molecule has 3 aromatic rings. The zero-order valence-electron chi connectivity index (χ0n) is 19.5. The van der Waals surface area contributed by atoms with Crippen LogP contribution in [0.15, 0.2) is 67.0 Å². The lowest BCUT2D eigenvalue weighted by molar-refractivity contribution is 0.0365. The van der Waals surface area contributed by atoms with E-state index < -0.39 is 0 Å². The molecule has 1 N–H and O–H groups in total. The molecule has 178 valence electrons. The fourth-order valence-corrected chi connectivity index (χ4v) is 5.22. The topological polar surface area (TPSA) is 54.8 Å². The zero-order chi connectivity index (χ0) is 23.3. The first kappa shape index (κ1) is 22.8. The van der Waals surface area contributed by atoms with Gasteiger partial charge in [-0.15, -0.1) is 0 Å². The molecule has 0 bridgehead atoms. The predicted molar refractivity (Wildman–Crippen MR) is 136 cm³/mol. The van der Waals surface area contributed by atoms with E-state index in [-0.39, 0.29) is 12.1 Å². The van der Waals surface area contributed by atoms with Gasteiger partial charge in [-0.2, -0.15) is 0 Å². The highest BCUT2D eigenvalue weighted by molar-refractivity contribution is 7.80. The van der Waals surface area contributed by atoms with Crippen LogP contribution in [0.3, 0.4) is 0 Å². The van der Waals surface area contributed by atoms with Crippen LogP contribution >= 0.6 is 12.2 Å². The smallest absolute Gasteiger partial charge is 0.170 e. The molecule has 2 fully saturated rings. The fourth-order valence-electron chi connectivity index (χ4n) is 4.89. The SMILES string of the molecule is COc1cccc(-n2cccc2C2C(c3ccccn3)NC(=S)N2CCCN2CCOCC2)c1. The lowest BCUT2D eigenvalue weighted by Crippen LogP contribution is -2.39. The van der Waals surface area contributed by atoms with Gasteiger partial charge in [0.2, 0.25) is 0 Å². The predicted octanol–water partition coefficient (Wildman–Crippen LogP) is 3.58. The van der Waals surface area contributed by atoms with E-state index in [1.54, 1.807) is 7.11 Å². The third-order valence-electron chi connectivity index (χ3n) is 6.59. The molecule has 2 unspecified atom stereocenters. The molecule has 2 aliphatic heterocycles. The molecule has 1 aromatic carbocycles. The third-order valence-corrected chi connectivity index (χ3v) is 6.94. The van der Waals surface area contributed by atoms with Crippen LogP contribution in [-0.4, -0.2) is 71.0 Å². The van der Waals surface area contributed by atoms with Gasteiger partial charge in [-0.25, -0.2) is 0 Å². The van der Waals surface area contributed by atoms with Gasteiger partial charge in [0, 0.05) is 56.0 Å². The lowest BCUT2D eigenvalue weighted by Gasteiger charge is -2.31. The molecule has 2 saturated heterocycles. The summed E-state index contributed by atoms with van der Waals surface area (Å²) in [6.45, 7) is 5.56. The number of pyridine rings is 1. The maximum absolute atomic E-state index is 5.86. The summed E-state index contributed by atoms with van der Waals surface area (Å²) < 4.78 is 13.2. The number of nitrogens with zero attached hydrogens (tertiary/aromatic N) is 4. The highest BCUT2D eigenvalue weighted by atomic mass is 32.1. The number of ether oxygens (including phenoxy) is 2. The fraction of sp³-hybridized carbons (Fsp3) is 0.385. The van der Waals surface area contributed by atoms with E-state index >= 15 is 0 Å². The van der Waals surface area contributed by atoms with E-state index in [4.69, 9.17) is 21.7 Å². The molecule has 5 rings (SSSR count). The van der Waals surface area contributed by atoms with Gasteiger partial charge in [-0.3, -0.25) is 9.88 Å². The summed E-state index contributed by atoms with van der Waals surface area (Å²) in [5.41, 5.74) is 3.22. The Morgan fingerprint density at radius 1 is 1.09 bits per heavy atom. The van der Waals surface area contributed by atoms with Crippen LogP contribution in [0.2, 0.25) is 0 Å². The molecule has 2 aromatic heterocycles. The van der Waals surface area contributed by atoms with Crippen LogP contribution in [0.25, 0.3) is 5.69 Å². The van der Waals surface area contributed by atoms with Gasteiger partial charge in [0.15, 0.2) is 5.11 Å². The van der Waals surface area contributed by atoms with Crippen LogP contribution in [0, 0.1) is 0 Å². The van der Waals surface area contributed by atoms with E-state index in [1.807, 2.05) is 30.5 Å². The first-order valence-corrected chi connectivity index (χ1v) is 12.3. The zero-order valence-corrected chi connectivity index (χ0v) is 20.3. The maximum atomic E-state index is 5.86. The summed E-state index contributed by atoms with van der Waals surface area (Å²) >= 11 is 5.86. The van der Waals surface area contributed by atoms with Crippen molar-refractivity contribution in [3.8, 4) is 11.4 Å². The van der Waals surface area contributed by atoms with Crippen molar-refractivity contribution in [2.24, 2.45) is 0 Å². The van der Waals surface area contributed by atoms with Crippen molar-refractivity contribution >= 4 is 17.3 Å². The van der Waals surface area contributed by atoms with E-state index in [0.29, 0.717) is 0 Å². The van der Waals surface area contributed by atoms with Crippen molar-refractivity contribution in [1.29, 1.82) is 0 Å². The van der Waals surface area contributed by atoms with Crippen molar-refractivity contribution in [1.82, 2.24) is 24.7 Å². The molecule has 34 heavy (non-hydrogen) atoms. The lowest BCUT2D eigenvalue weighted by atomic mass is 10.0. The van der Waals surface area contributed by atoms with Gasteiger partial charge in [-0.1, -0.05) is 12.1 Å². The number of morpholine rings is 1. The average molecular weight is 478 g/mol. The first-order chi connectivity index (χ1) is 16.7. The number of aromatic nitrogens is 2. The van der Waals surface area contributed by atoms with Crippen molar-refractivity contribution < 1.29 is 9.47 Å². The standard InChI is InChI=1S/C26H31N5O2S/c1-32-21-8-4-7-20(19-21)30-13-5-10-23(30)25-24(22-9-2-3-11-27-22)28-26(34)31(25)14-6-12-29-15-17-33-18-16-29/h2-5,7-11,13,19,24-25H,6,12,14-18H2,1H3,(H,28,34). The van der Waals surface area contributed by atoms with Gasteiger partial charge < -0.3 is 24.3 Å². The number of methoxy groups -OCH3 is 1. The molecule has 2 atom stereocenters. The Labute approximate surface area is 206 Å². The number of hydrogen-bond donors (Lipinski definition) is 1. The minimum Gasteiger partial charge on any atom is -0.497 e. The Balaban J connectivity index is 1.45. The van der Waals surface area contributed by atoms with Crippen LogP contribution in [0.5, 0.6) is 5.75 Å². The molecule has 8 heteroatoms. The summed E-state index contributed by atoms with van der Waals surface area (Å²) in [6, 6.07) is 18.5. The minimum atomic E-state index is -0.0312. The summed E-state index contributed by atoms with van der Waals surface area (Å²) in [4.78, 5) is 9.48. The molecule has 2 aliphatic rings. The maximum Gasteiger partial charge on any atom is 0.170 e. The van der Waals surface area contributed by atoms with E-state index in [9.17, 15) is 0 Å². The Hall–Kier alpha value is -2.94. The van der Waals surface area contributed by atoms with Crippen molar-refractivity contribution in [3.63, 3.8) is 0 Å². The summed E-state index contributed by atoms with van der Waals surface area (Å²) in [5.74, 6) is 0.834. The van der Waals surface area contributed by atoms with Gasteiger partial charge >= 0.3 is 0 Å². The number of rotatable bonds is 8. The van der Waals surface area contributed by atoms with Gasteiger partial charge in [0.25, 0.3) is 0 Å². The average Bonchev–Trinajstić information content (AvgIpc) is 3.50. The van der Waals surface area contributed by atoms with E-state index in [2.05, 4.69) is 61.2 Å². The molecule has 0 saturated carbocycles. The summed E-state index contributed by atoms with van der Waals surface area (Å²) in [5, 5.41) is 4.35. The Kier molecular flexibility index (Phi) is 7.08. The van der Waals surface area contributed by atoms with Crippen LogP contribution in [0.1, 0.15) is 29.9 Å². The second-order valence-corrected chi connectivity index (χ2v) is 9.02. The van der Waals surface area contributed by atoms with Crippen LogP contribution in [0.4, 0.5) is 0 Å². The van der Waals surface area contributed by atoms with E-state index in [1.165, 1.54) is 5.69 Å². The minimum absolute atomic E-state index is 0.0216. The molecule has 0 amide bonds. The Bertz CT molecular complexity index is 1100. The number of nitrogens with one attached hydrogen (secondary N) is 1. The van der Waals surface area contributed by atoms with E-state index in [0.717, 1.165) is 68.1 Å². The molecule has 0 radical (unpaired) electrons. The highest BCUT2D eigenvalue weighted by Crippen LogP contribution is 2.39. The molecule has 7 nitrogen and oxygen atoms in total. The first-order valence-electron chi connectivity index (χ1n) is 11.8. The number of thiocarbonyl (C=S) groups is 1. The molecular weight excluding hydrogens is 446 g/mol. The van der Waals surface area contributed by atoms with Crippen molar-refractivity contribution in [2.45, 2.75) is 18.5 Å². The second-order valence-electron chi connectivity index (χ2n) is 8.63. The third kappa shape index (κ3) is 4.80. The van der Waals surface area contributed by atoms with Crippen molar-refractivity contribution in [3.05, 3.63) is 78.4 Å².